The van der Waals surface area contributed by atoms with Crippen LogP contribution in [0.5, 0.6) is 23.0 Å². The Balaban J connectivity index is 1.41. The number of aromatic nitrogens is 2. The van der Waals surface area contributed by atoms with Crippen molar-refractivity contribution in [3.63, 3.8) is 0 Å². The van der Waals surface area contributed by atoms with Crippen molar-refractivity contribution >= 4 is 67.7 Å². The molecule has 1 aromatic heterocycles. The van der Waals surface area contributed by atoms with Crippen molar-refractivity contribution < 1.29 is 9.47 Å². The van der Waals surface area contributed by atoms with Crippen LogP contribution in [0, 0.1) is 0 Å². The Kier molecular flexibility index (Phi) is 4.67. The first-order valence-electron chi connectivity index (χ1n) is 13.4. The van der Waals surface area contributed by atoms with Gasteiger partial charge < -0.3 is 19.3 Å². The van der Waals surface area contributed by atoms with Crippen molar-refractivity contribution in [3.05, 3.63) is 121 Å². The van der Waals surface area contributed by atoms with Gasteiger partial charge in [0.2, 0.25) is 0 Å². The molecule has 0 unspecified atom stereocenters. The van der Waals surface area contributed by atoms with Gasteiger partial charge in [-0.05, 0) is 48.5 Å². The van der Waals surface area contributed by atoms with E-state index in [0.717, 1.165) is 78.9 Å². The highest BCUT2D eigenvalue weighted by molar-refractivity contribution is 7.00. The van der Waals surface area contributed by atoms with Gasteiger partial charge >= 0.3 is 0 Å². The Bertz CT molecular complexity index is 1920. The minimum Gasteiger partial charge on any atom is -0.453 e. The fraction of sp³-hybridized carbons (Fsp3) is 0. The summed E-state index contributed by atoms with van der Waals surface area (Å²) in [5.41, 5.74) is 7.45. The average molecular weight is 549 g/mol. The van der Waals surface area contributed by atoms with Gasteiger partial charge in [-0.1, -0.05) is 72.8 Å². The normalized spacial score (nSPS) is 13.2. The molecule has 194 valence electrons. The molecule has 3 heterocycles. The summed E-state index contributed by atoms with van der Waals surface area (Å²) in [5.74, 6) is 3.19. The predicted molar refractivity (Wildman–Crippen MR) is 164 cm³/mol. The van der Waals surface area contributed by atoms with Crippen molar-refractivity contribution in [2.24, 2.45) is 0 Å². The molecule has 0 bridgehead atoms. The fourth-order valence-corrected chi connectivity index (χ4v) is 6.54. The zero-order valence-electron chi connectivity index (χ0n) is 21.6. The van der Waals surface area contributed by atoms with E-state index >= 15 is 0 Å². The number of ether oxygens (including phenoxy) is 2. The highest BCUT2D eigenvalue weighted by Crippen LogP contribution is 2.57. The van der Waals surface area contributed by atoms with Gasteiger partial charge in [0.1, 0.15) is 11.0 Å². The maximum Gasteiger partial charge on any atom is 0.151 e. The highest BCUT2D eigenvalue weighted by atomic mass is 32.1. The van der Waals surface area contributed by atoms with E-state index in [0.29, 0.717) is 0 Å². The van der Waals surface area contributed by atoms with Gasteiger partial charge in [-0.2, -0.15) is 8.75 Å². The number of hydrogen-bond acceptors (Lipinski definition) is 7. The second kappa shape index (κ2) is 8.55. The topological polar surface area (TPSA) is 50.7 Å². The highest BCUT2D eigenvalue weighted by Gasteiger charge is 2.34. The lowest BCUT2D eigenvalue weighted by Crippen LogP contribution is -2.19. The number of benzene rings is 6. The number of anilines is 6. The number of nitrogens with zero attached hydrogens (tertiary/aromatic N) is 4. The van der Waals surface area contributed by atoms with Gasteiger partial charge in [0.05, 0.1) is 45.9 Å². The Morgan fingerprint density at radius 1 is 0.415 bits per heavy atom. The van der Waals surface area contributed by atoms with E-state index < -0.39 is 0 Å². The quantitative estimate of drug-likeness (QED) is 0.214. The third-order valence-electron chi connectivity index (χ3n) is 7.69. The van der Waals surface area contributed by atoms with Gasteiger partial charge in [-0.25, -0.2) is 0 Å². The molecule has 0 aliphatic carbocycles. The first kappa shape index (κ1) is 22.4. The molecule has 0 amide bonds. The van der Waals surface area contributed by atoms with Gasteiger partial charge in [-0.15, -0.1) is 0 Å². The average Bonchev–Trinajstić information content (AvgIpc) is 3.51. The smallest absolute Gasteiger partial charge is 0.151 e. The van der Waals surface area contributed by atoms with Crippen LogP contribution in [-0.2, 0) is 0 Å². The number of rotatable bonds is 2. The van der Waals surface area contributed by atoms with E-state index in [9.17, 15) is 0 Å². The third kappa shape index (κ3) is 3.18. The molecule has 0 radical (unpaired) electrons. The van der Waals surface area contributed by atoms with E-state index in [1.54, 1.807) is 0 Å². The Hall–Kier alpha value is -5.40. The van der Waals surface area contributed by atoms with Crippen LogP contribution in [0.2, 0.25) is 0 Å². The maximum atomic E-state index is 6.33. The summed E-state index contributed by atoms with van der Waals surface area (Å²) in [5, 5.41) is 2.13. The molecule has 0 spiro atoms. The maximum absolute atomic E-state index is 6.33. The van der Waals surface area contributed by atoms with E-state index in [4.69, 9.17) is 18.2 Å². The summed E-state index contributed by atoms with van der Waals surface area (Å²) < 4.78 is 22.6. The van der Waals surface area contributed by atoms with Crippen molar-refractivity contribution in [2.45, 2.75) is 0 Å². The Morgan fingerprint density at radius 2 is 0.732 bits per heavy atom. The summed E-state index contributed by atoms with van der Waals surface area (Å²) >= 11 is 1.23. The van der Waals surface area contributed by atoms with Gasteiger partial charge in [0, 0.05) is 10.8 Å². The Morgan fingerprint density at radius 3 is 1.10 bits per heavy atom. The predicted octanol–water partition coefficient (Wildman–Crippen LogP) is 10.00. The van der Waals surface area contributed by atoms with Gasteiger partial charge in [-0.3, -0.25) is 0 Å². The second-order valence-corrected chi connectivity index (χ2v) is 10.5. The molecule has 0 saturated heterocycles. The SMILES string of the molecule is c1ccc2c(c1)Oc1ccccc1N2c1c2ccccc2c(N2c3ccccc3Oc3ccccc32)c2nsnc12. The van der Waals surface area contributed by atoms with Crippen LogP contribution in [-0.4, -0.2) is 8.75 Å². The minimum atomic E-state index is 0.798. The Labute approximate surface area is 239 Å². The first-order valence-corrected chi connectivity index (χ1v) is 14.1. The first-order chi connectivity index (χ1) is 20.4. The van der Waals surface area contributed by atoms with Crippen LogP contribution in [0.3, 0.4) is 0 Å². The molecule has 2 aliphatic rings. The van der Waals surface area contributed by atoms with Crippen molar-refractivity contribution in [1.82, 2.24) is 8.75 Å². The van der Waals surface area contributed by atoms with Crippen molar-refractivity contribution in [1.29, 1.82) is 0 Å². The van der Waals surface area contributed by atoms with E-state index in [-0.39, 0.29) is 0 Å². The largest absolute Gasteiger partial charge is 0.453 e. The molecule has 7 heteroatoms. The molecule has 6 nitrogen and oxygen atoms in total. The molecule has 0 fully saturated rings. The van der Waals surface area contributed by atoms with E-state index in [1.807, 2.05) is 72.8 Å². The fourth-order valence-electron chi connectivity index (χ4n) is 5.99. The molecular formula is C34H20N4O2S. The lowest BCUT2D eigenvalue weighted by Gasteiger charge is -2.36. The summed E-state index contributed by atoms with van der Waals surface area (Å²) in [6.45, 7) is 0. The molecular weight excluding hydrogens is 528 g/mol. The summed E-state index contributed by atoms with van der Waals surface area (Å²) in [6.07, 6.45) is 0. The van der Waals surface area contributed by atoms with Crippen molar-refractivity contribution in [3.8, 4) is 23.0 Å². The molecule has 7 aromatic rings. The lowest BCUT2D eigenvalue weighted by molar-refractivity contribution is 0.477. The van der Waals surface area contributed by atoms with Gasteiger partial charge in [0.15, 0.2) is 23.0 Å². The molecule has 0 N–H and O–H groups in total. The van der Waals surface area contributed by atoms with E-state index in [2.05, 4.69) is 58.3 Å². The van der Waals surface area contributed by atoms with Crippen LogP contribution in [0.1, 0.15) is 0 Å². The molecule has 6 aromatic carbocycles. The van der Waals surface area contributed by atoms with Crippen LogP contribution >= 0.6 is 11.7 Å². The minimum absolute atomic E-state index is 0.798. The standard InChI is InChI=1S/C34H20N4O2S/c1-2-12-22-21(11-1)33(37-23-13-3-7-17-27(23)39-28-18-8-4-14-24(28)37)31-32(36-41-35-31)34(22)38-25-15-5-9-19-29(25)40-30-20-10-6-16-26(30)38/h1-20H. The molecule has 9 rings (SSSR count). The van der Waals surface area contributed by atoms with Crippen LogP contribution < -0.4 is 19.3 Å². The monoisotopic (exact) mass is 548 g/mol. The summed E-state index contributed by atoms with van der Waals surface area (Å²) in [4.78, 5) is 4.54. The second-order valence-electron chi connectivity index (χ2n) is 9.95. The van der Waals surface area contributed by atoms with Crippen LogP contribution in [0.15, 0.2) is 121 Å². The molecule has 2 aliphatic heterocycles. The lowest BCUT2D eigenvalue weighted by atomic mass is 9.99. The summed E-state index contributed by atoms with van der Waals surface area (Å²) in [6, 6.07) is 41.1. The molecule has 0 atom stereocenters. The number of fused-ring (bicyclic) bond motifs is 6. The summed E-state index contributed by atoms with van der Waals surface area (Å²) in [7, 11) is 0. The third-order valence-corrected chi connectivity index (χ3v) is 8.21. The molecule has 41 heavy (non-hydrogen) atoms. The van der Waals surface area contributed by atoms with Crippen LogP contribution in [0.4, 0.5) is 34.1 Å². The van der Waals surface area contributed by atoms with Gasteiger partial charge in [0.25, 0.3) is 0 Å². The van der Waals surface area contributed by atoms with E-state index in [1.165, 1.54) is 11.7 Å². The zero-order chi connectivity index (χ0) is 26.9. The molecule has 0 saturated carbocycles. The number of hydrogen-bond donors (Lipinski definition) is 0. The van der Waals surface area contributed by atoms with Crippen molar-refractivity contribution in [2.75, 3.05) is 9.80 Å². The zero-order valence-corrected chi connectivity index (χ0v) is 22.4. The van der Waals surface area contributed by atoms with Crippen LogP contribution in [0.25, 0.3) is 21.8 Å². The number of para-hydroxylation sites is 8.